The lowest BCUT2D eigenvalue weighted by Gasteiger charge is -2.01. The molecule has 0 aliphatic carbocycles. The van der Waals surface area contributed by atoms with Gasteiger partial charge in [-0.2, -0.15) is 5.10 Å². The highest BCUT2D eigenvalue weighted by atomic mass is 35.5. The van der Waals surface area contributed by atoms with Gasteiger partial charge in [0.1, 0.15) is 11.5 Å². The molecule has 2 aromatic carbocycles. The Kier molecular flexibility index (Phi) is 5.01. The number of rotatable bonds is 5. The molecule has 0 fully saturated rings. The van der Waals surface area contributed by atoms with Gasteiger partial charge in [-0.05, 0) is 35.9 Å². The van der Waals surface area contributed by atoms with E-state index < -0.39 is 0 Å². The second-order valence-electron chi connectivity index (χ2n) is 4.90. The number of hydrogen-bond acceptors (Lipinski definition) is 3. The highest BCUT2D eigenvalue weighted by Gasteiger charge is 2.08. The van der Waals surface area contributed by atoms with Gasteiger partial charge in [0.25, 0.3) is 0 Å². The van der Waals surface area contributed by atoms with Crippen molar-refractivity contribution < 1.29 is 4.42 Å². The van der Waals surface area contributed by atoms with Crippen molar-refractivity contribution in [3.05, 3.63) is 82.0 Å². The van der Waals surface area contributed by atoms with Gasteiger partial charge in [0, 0.05) is 10.6 Å². The predicted molar refractivity (Wildman–Crippen MR) is 95.0 cm³/mol. The zero-order valence-corrected chi connectivity index (χ0v) is 13.7. The van der Waals surface area contributed by atoms with Gasteiger partial charge >= 0.3 is 0 Å². The first-order valence-corrected chi connectivity index (χ1v) is 7.83. The molecule has 0 unspecified atom stereocenters. The third-order valence-corrected chi connectivity index (χ3v) is 3.79. The summed E-state index contributed by atoms with van der Waals surface area (Å²) in [6, 6.07) is 19.0. The molecule has 0 amide bonds. The molecule has 3 nitrogen and oxygen atoms in total. The Hall–Kier alpha value is -2.23. The van der Waals surface area contributed by atoms with Crippen molar-refractivity contribution in [1.82, 2.24) is 5.43 Å². The topological polar surface area (TPSA) is 37.5 Å². The number of furan rings is 1. The average molecular weight is 345 g/mol. The van der Waals surface area contributed by atoms with E-state index in [1.54, 1.807) is 24.4 Å². The standard InChI is InChI=1S/C18H14Cl2N2O/c19-14-6-8-17(20)16(10-14)18-9-7-15(23-18)12-22-21-11-13-4-2-1-3-5-13/h1-10,12,21H,11H2. The fourth-order valence-electron chi connectivity index (χ4n) is 2.10. The Morgan fingerprint density at radius 3 is 2.65 bits per heavy atom. The minimum Gasteiger partial charge on any atom is -0.455 e. The van der Waals surface area contributed by atoms with E-state index >= 15 is 0 Å². The molecule has 0 spiro atoms. The minimum atomic E-state index is 0.592. The molecule has 3 aromatic rings. The summed E-state index contributed by atoms with van der Waals surface area (Å²) in [5.74, 6) is 1.29. The number of nitrogens with one attached hydrogen (secondary N) is 1. The van der Waals surface area contributed by atoms with Gasteiger partial charge < -0.3 is 9.84 Å². The zero-order valence-electron chi connectivity index (χ0n) is 12.2. The predicted octanol–water partition coefficient (Wildman–Crippen LogP) is 5.38. The lowest BCUT2D eigenvalue weighted by Crippen LogP contribution is -2.04. The van der Waals surface area contributed by atoms with Crippen LogP contribution in [0.25, 0.3) is 11.3 Å². The molecule has 1 N–H and O–H groups in total. The van der Waals surface area contributed by atoms with Crippen LogP contribution >= 0.6 is 23.2 Å². The van der Waals surface area contributed by atoms with E-state index in [4.69, 9.17) is 27.6 Å². The lowest BCUT2D eigenvalue weighted by molar-refractivity contribution is 0.573. The van der Waals surface area contributed by atoms with E-state index in [0.29, 0.717) is 28.1 Å². The van der Waals surface area contributed by atoms with Crippen molar-refractivity contribution >= 4 is 29.4 Å². The van der Waals surface area contributed by atoms with E-state index in [1.807, 2.05) is 42.5 Å². The van der Waals surface area contributed by atoms with E-state index in [2.05, 4.69) is 10.5 Å². The highest BCUT2D eigenvalue weighted by molar-refractivity contribution is 6.35. The van der Waals surface area contributed by atoms with Gasteiger partial charge in [0.2, 0.25) is 0 Å². The maximum absolute atomic E-state index is 6.17. The van der Waals surface area contributed by atoms with Crippen molar-refractivity contribution in [2.24, 2.45) is 5.10 Å². The second-order valence-corrected chi connectivity index (χ2v) is 5.75. The highest BCUT2D eigenvalue weighted by Crippen LogP contribution is 2.31. The summed E-state index contributed by atoms with van der Waals surface area (Å²) in [5, 5.41) is 5.36. The maximum atomic E-state index is 6.17. The van der Waals surface area contributed by atoms with E-state index in [9.17, 15) is 0 Å². The summed E-state index contributed by atoms with van der Waals surface area (Å²) in [4.78, 5) is 0. The molecule has 0 aliphatic rings. The summed E-state index contributed by atoms with van der Waals surface area (Å²) >= 11 is 12.2. The summed E-state index contributed by atoms with van der Waals surface area (Å²) in [6.45, 7) is 0.658. The average Bonchev–Trinajstić information content (AvgIpc) is 3.03. The van der Waals surface area contributed by atoms with Crippen molar-refractivity contribution in [2.75, 3.05) is 0 Å². The van der Waals surface area contributed by atoms with Crippen molar-refractivity contribution in [1.29, 1.82) is 0 Å². The minimum absolute atomic E-state index is 0.592. The summed E-state index contributed by atoms with van der Waals surface area (Å²) in [6.07, 6.45) is 1.63. The number of hydrazone groups is 1. The molecule has 0 saturated carbocycles. The molecule has 116 valence electrons. The van der Waals surface area contributed by atoms with E-state index in [0.717, 1.165) is 11.1 Å². The molecule has 0 radical (unpaired) electrons. The van der Waals surface area contributed by atoms with Gasteiger partial charge in [-0.1, -0.05) is 53.5 Å². The maximum Gasteiger partial charge on any atom is 0.147 e. The molecule has 5 heteroatoms. The quantitative estimate of drug-likeness (QED) is 0.498. The molecular formula is C18H14Cl2N2O. The van der Waals surface area contributed by atoms with Crippen LogP contribution in [0.2, 0.25) is 10.0 Å². The smallest absolute Gasteiger partial charge is 0.147 e. The van der Waals surface area contributed by atoms with Gasteiger partial charge in [0.15, 0.2) is 0 Å². The van der Waals surface area contributed by atoms with Crippen LogP contribution in [-0.2, 0) is 6.54 Å². The Balaban J connectivity index is 1.65. The molecule has 0 bridgehead atoms. The van der Waals surface area contributed by atoms with E-state index in [-0.39, 0.29) is 0 Å². The Morgan fingerprint density at radius 2 is 1.83 bits per heavy atom. The first-order chi connectivity index (χ1) is 11.2. The SMILES string of the molecule is Clc1ccc(Cl)c(-c2ccc(C=NNCc3ccccc3)o2)c1. The Bertz CT molecular complexity index is 813. The van der Waals surface area contributed by atoms with Crippen molar-refractivity contribution in [2.45, 2.75) is 6.54 Å². The van der Waals surface area contributed by atoms with Crippen LogP contribution in [0.1, 0.15) is 11.3 Å². The van der Waals surface area contributed by atoms with Gasteiger partial charge in [-0.3, -0.25) is 0 Å². The molecule has 0 saturated heterocycles. The fraction of sp³-hybridized carbons (Fsp3) is 0.0556. The fourth-order valence-corrected chi connectivity index (χ4v) is 2.48. The summed E-state index contributed by atoms with van der Waals surface area (Å²) in [7, 11) is 0. The van der Waals surface area contributed by atoms with Crippen molar-refractivity contribution in [3.8, 4) is 11.3 Å². The molecule has 1 heterocycles. The monoisotopic (exact) mass is 344 g/mol. The number of hydrogen-bond donors (Lipinski definition) is 1. The molecular weight excluding hydrogens is 331 g/mol. The van der Waals surface area contributed by atoms with Crippen LogP contribution in [0.5, 0.6) is 0 Å². The van der Waals surface area contributed by atoms with Crippen LogP contribution in [-0.4, -0.2) is 6.21 Å². The zero-order chi connectivity index (χ0) is 16.1. The van der Waals surface area contributed by atoms with E-state index in [1.165, 1.54) is 0 Å². The number of benzene rings is 2. The van der Waals surface area contributed by atoms with Crippen LogP contribution in [0, 0.1) is 0 Å². The third-order valence-electron chi connectivity index (χ3n) is 3.23. The van der Waals surface area contributed by atoms with Crippen LogP contribution in [0.4, 0.5) is 0 Å². The van der Waals surface area contributed by atoms with Gasteiger partial charge in [-0.25, -0.2) is 0 Å². The molecule has 3 rings (SSSR count). The normalized spacial score (nSPS) is 11.0. The third kappa shape index (κ3) is 4.15. The van der Waals surface area contributed by atoms with Gasteiger partial charge in [0.05, 0.1) is 17.8 Å². The van der Waals surface area contributed by atoms with Crippen LogP contribution < -0.4 is 5.43 Å². The first kappa shape index (κ1) is 15.7. The molecule has 0 atom stereocenters. The Labute approximate surface area is 144 Å². The Morgan fingerprint density at radius 1 is 1.00 bits per heavy atom. The van der Waals surface area contributed by atoms with Crippen LogP contribution in [0.15, 0.2) is 70.2 Å². The van der Waals surface area contributed by atoms with Crippen molar-refractivity contribution in [3.63, 3.8) is 0 Å². The molecule has 0 aliphatic heterocycles. The summed E-state index contributed by atoms with van der Waals surface area (Å²) < 4.78 is 5.73. The van der Waals surface area contributed by atoms with Gasteiger partial charge in [-0.15, -0.1) is 0 Å². The first-order valence-electron chi connectivity index (χ1n) is 7.07. The summed E-state index contributed by atoms with van der Waals surface area (Å²) in [5.41, 5.74) is 4.90. The molecule has 1 aromatic heterocycles. The molecule has 23 heavy (non-hydrogen) atoms. The largest absolute Gasteiger partial charge is 0.455 e. The van der Waals surface area contributed by atoms with Crippen LogP contribution in [0.3, 0.4) is 0 Å². The lowest BCUT2D eigenvalue weighted by atomic mass is 10.2. The number of nitrogens with zero attached hydrogens (tertiary/aromatic N) is 1. The number of halogens is 2. The second kappa shape index (κ2) is 7.36.